The molecule has 3 nitrogen and oxygen atoms in total. The Balaban J connectivity index is 3.27. The van der Waals surface area contributed by atoms with Crippen LogP contribution < -0.4 is 0 Å². The molecule has 0 radical (unpaired) electrons. The molecule has 0 aliphatic rings. The summed E-state index contributed by atoms with van der Waals surface area (Å²) in [5, 5.41) is 0. The number of aliphatic imine (C=N–C) groups is 1. The quantitative estimate of drug-likeness (QED) is 0.740. The Labute approximate surface area is 110 Å². The van der Waals surface area contributed by atoms with Gasteiger partial charge >= 0.3 is 0 Å². The molecule has 1 rings (SSSR count). The smallest absolute Gasteiger partial charge is 0.0707 e. The predicted octanol–water partition coefficient (Wildman–Crippen LogP) is 3.77. The van der Waals surface area contributed by atoms with E-state index in [9.17, 15) is 0 Å². The van der Waals surface area contributed by atoms with E-state index in [-0.39, 0.29) is 5.41 Å². The van der Waals surface area contributed by atoms with Gasteiger partial charge in [0, 0.05) is 30.5 Å². The van der Waals surface area contributed by atoms with Crippen molar-refractivity contribution in [2.45, 2.75) is 46.5 Å². The molecule has 1 unspecified atom stereocenters. The van der Waals surface area contributed by atoms with Gasteiger partial charge in [0.15, 0.2) is 0 Å². The van der Waals surface area contributed by atoms with Crippen molar-refractivity contribution >= 4 is 6.21 Å². The molecule has 1 heterocycles. The lowest BCUT2D eigenvalue weighted by Crippen LogP contribution is -2.31. The highest BCUT2D eigenvalue weighted by Crippen LogP contribution is 2.38. The molecule has 0 N–H and O–H groups in total. The Hall–Kier alpha value is -1.51. The second kappa shape index (κ2) is 6.43. The van der Waals surface area contributed by atoms with E-state index in [1.807, 2.05) is 19.3 Å². The van der Waals surface area contributed by atoms with E-state index in [0.717, 1.165) is 17.8 Å². The highest BCUT2D eigenvalue weighted by Gasteiger charge is 2.35. The van der Waals surface area contributed by atoms with Gasteiger partial charge in [-0.05, 0) is 26.2 Å². The van der Waals surface area contributed by atoms with Crippen molar-refractivity contribution in [2.75, 3.05) is 0 Å². The number of nitrogens with zero attached hydrogens (tertiary/aromatic N) is 3. The van der Waals surface area contributed by atoms with Gasteiger partial charge in [0.1, 0.15) is 0 Å². The first-order valence-corrected chi connectivity index (χ1v) is 6.53. The van der Waals surface area contributed by atoms with Crippen LogP contribution in [0.5, 0.6) is 0 Å². The van der Waals surface area contributed by atoms with Crippen molar-refractivity contribution in [3.8, 4) is 0 Å². The lowest BCUT2D eigenvalue weighted by atomic mass is 9.73. The maximum atomic E-state index is 4.60. The Morgan fingerprint density at radius 1 is 1.44 bits per heavy atom. The summed E-state index contributed by atoms with van der Waals surface area (Å²) >= 11 is 0. The largest absolute Gasteiger partial charge is 0.265 e. The Morgan fingerprint density at radius 2 is 2.17 bits per heavy atom. The van der Waals surface area contributed by atoms with Crippen LogP contribution in [0.4, 0.5) is 0 Å². The average Bonchev–Trinajstić information content (AvgIpc) is 2.40. The minimum Gasteiger partial charge on any atom is -0.265 e. The maximum Gasteiger partial charge on any atom is 0.0707 e. The van der Waals surface area contributed by atoms with Gasteiger partial charge in [0.05, 0.1) is 11.1 Å². The first-order valence-electron chi connectivity index (χ1n) is 6.53. The van der Waals surface area contributed by atoms with Gasteiger partial charge in [-0.1, -0.05) is 26.8 Å². The normalized spacial score (nSPS) is 16.2. The standard InChI is InChI=1S/C15H23N3/c1-6-8-17-13(7-2)15(5,12(3)4)14-11-16-9-10-18-14/h7-12H,6H2,1-5H3/b13-7-,17-8?. The minimum atomic E-state index is -0.200. The predicted molar refractivity (Wildman–Crippen MR) is 76.8 cm³/mol. The molecule has 1 aromatic rings. The number of hydrogen-bond acceptors (Lipinski definition) is 3. The summed E-state index contributed by atoms with van der Waals surface area (Å²) in [5.41, 5.74) is 1.83. The summed E-state index contributed by atoms with van der Waals surface area (Å²) in [6.45, 7) is 10.7. The topological polar surface area (TPSA) is 38.1 Å². The zero-order valence-electron chi connectivity index (χ0n) is 12.0. The van der Waals surface area contributed by atoms with Gasteiger partial charge in [0.25, 0.3) is 0 Å². The second-order valence-electron chi connectivity index (χ2n) is 4.84. The fourth-order valence-corrected chi connectivity index (χ4v) is 1.99. The third-order valence-electron chi connectivity index (χ3n) is 3.47. The molecule has 0 amide bonds. The molecule has 0 bridgehead atoms. The van der Waals surface area contributed by atoms with Gasteiger partial charge in [0.2, 0.25) is 0 Å². The Morgan fingerprint density at radius 3 is 2.61 bits per heavy atom. The van der Waals surface area contributed by atoms with Gasteiger partial charge in [-0.25, -0.2) is 0 Å². The number of rotatable bonds is 5. The van der Waals surface area contributed by atoms with Crippen molar-refractivity contribution < 1.29 is 0 Å². The van der Waals surface area contributed by atoms with Gasteiger partial charge in [-0.3, -0.25) is 15.0 Å². The van der Waals surface area contributed by atoms with E-state index < -0.39 is 0 Å². The van der Waals surface area contributed by atoms with Gasteiger partial charge in [-0.2, -0.15) is 0 Å². The van der Waals surface area contributed by atoms with E-state index in [1.165, 1.54) is 0 Å². The monoisotopic (exact) mass is 245 g/mol. The molecule has 0 saturated carbocycles. The van der Waals surface area contributed by atoms with E-state index in [4.69, 9.17) is 0 Å². The van der Waals surface area contributed by atoms with Crippen LogP contribution in [0, 0.1) is 5.92 Å². The van der Waals surface area contributed by atoms with Crippen LogP contribution in [0.1, 0.15) is 46.7 Å². The number of aromatic nitrogens is 2. The van der Waals surface area contributed by atoms with E-state index in [0.29, 0.717) is 5.92 Å². The molecule has 0 fully saturated rings. The molecule has 0 aliphatic carbocycles. The van der Waals surface area contributed by atoms with Crippen molar-refractivity contribution in [1.82, 2.24) is 9.97 Å². The van der Waals surface area contributed by atoms with Crippen molar-refractivity contribution in [3.63, 3.8) is 0 Å². The fraction of sp³-hybridized carbons (Fsp3) is 0.533. The number of hydrogen-bond donors (Lipinski definition) is 0. The lowest BCUT2D eigenvalue weighted by molar-refractivity contribution is 0.382. The van der Waals surface area contributed by atoms with Gasteiger partial charge < -0.3 is 0 Å². The molecular formula is C15H23N3. The van der Waals surface area contributed by atoms with Crippen LogP contribution in [0.3, 0.4) is 0 Å². The zero-order valence-corrected chi connectivity index (χ0v) is 12.0. The van der Waals surface area contributed by atoms with Crippen molar-refractivity contribution in [3.05, 3.63) is 36.1 Å². The van der Waals surface area contributed by atoms with E-state index in [2.05, 4.69) is 48.7 Å². The van der Waals surface area contributed by atoms with E-state index >= 15 is 0 Å². The zero-order chi connectivity index (χ0) is 13.6. The minimum absolute atomic E-state index is 0.200. The lowest BCUT2D eigenvalue weighted by Gasteiger charge is -2.33. The molecule has 0 saturated heterocycles. The average molecular weight is 245 g/mol. The van der Waals surface area contributed by atoms with Crippen molar-refractivity contribution in [2.24, 2.45) is 10.9 Å². The summed E-state index contributed by atoms with van der Waals surface area (Å²) in [5.74, 6) is 0.398. The van der Waals surface area contributed by atoms with Crippen LogP contribution in [0.25, 0.3) is 0 Å². The summed E-state index contributed by atoms with van der Waals surface area (Å²) in [6, 6.07) is 0. The van der Waals surface area contributed by atoms with Crippen molar-refractivity contribution in [1.29, 1.82) is 0 Å². The van der Waals surface area contributed by atoms with Crippen LogP contribution in [-0.2, 0) is 5.41 Å². The van der Waals surface area contributed by atoms with Crippen LogP contribution in [-0.4, -0.2) is 16.2 Å². The Kier molecular flexibility index (Phi) is 5.20. The summed E-state index contributed by atoms with van der Waals surface area (Å²) in [6.07, 6.45) is 10.2. The summed E-state index contributed by atoms with van der Waals surface area (Å²) < 4.78 is 0. The molecule has 1 atom stereocenters. The second-order valence-corrected chi connectivity index (χ2v) is 4.84. The molecule has 18 heavy (non-hydrogen) atoms. The molecule has 1 aromatic heterocycles. The Bertz CT molecular complexity index is 421. The molecule has 3 heteroatoms. The third kappa shape index (κ3) is 2.84. The SMILES string of the molecule is C/C=C(\N=CCC)C(C)(c1cnccn1)C(C)C. The van der Waals surface area contributed by atoms with E-state index in [1.54, 1.807) is 12.4 Å². The first kappa shape index (κ1) is 14.6. The van der Waals surface area contributed by atoms with Crippen LogP contribution in [0.15, 0.2) is 35.4 Å². The highest BCUT2D eigenvalue weighted by atomic mass is 14.8. The van der Waals surface area contributed by atoms with Gasteiger partial charge in [-0.15, -0.1) is 0 Å². The first-order chi connectivity index (χ1) is 8.57. The molecule has 98 valence electrons. The summed E-state index contributed by atoms with van der Waals surface area (Å²) in [4.78, 5) is 13.3. The highest BCUT2D eigenvalue weighted by molar-refractivity contribution is 5.59. The maximum absolute atomic E-state index is 4.60. The molecule has 0 aliphatic heterocycles. The third-order valence-corrected chi connectivity index (χ3v) is 3.47. The number of allylic oxidation sites excluding steroid dienone is 2. The molecule has 0 aromatic carbocycles. The van der Waals surface area contributed by atoms with Crippen LogP contribution in [0.2, 0.25) is 0 Å². The molecule has 0 spiro atoms. The summed E-state index contributed by atoms with van der Waals surface area (Å²) in [7, 11) is 0. The van der Waals surface area contributed by atoms with Crippen LogP contribution >= 0.6 is 0 Å². The fourth-order valence-electron chi connectivity index (χ4n) is 1.99. The molecular weight excluding hydrogens is 222 g/mol.